The van der Waals surface area contributed by atoms with E-state index in [0.717, 1.165) is 48.3 Å². The van der Waals surface area contributed by atoms with Crippen LogP contribution in [0.1, 0.15) is 112 Å². The summed E-state index contributed by atoms with van der Waals surface area (Å²) in [7, 11) is 0. The lowest BCUT2D eigenvalue weighted by Crippen LogP contribution is -2.54. The number of fused-ring (bicyclic) bond motifs is 5. The van der Waals surface area contributed by atoms with Crippen molar-refractivity contribution in [2.75, 3.05) is 0 Å². The van der Waals surface area contributed by atoms with E-state index in [9.17, 15) is 9.90 Å². The average Bonchev–Trinajstić information content (AvgIpc) is 3.10. The van der Waals surface area contributed by atoms with Crippen molar-refractivity contribution in [1.29, 1.82) is 0 Å². The van der Waals surface area contributed by atoms with Gasteiger partial charge in [0.15, 0.2) is 0 Å². The lowest BCUT2D eigenvalue weighted by Gasteiger charge is -2.62. The van der Waals surface area contributed by atoms with Crippen LogP contribution >= 0.6 is 0 Å². The number of carbonyl (C=O) groups is 1. The summed E-state index contributed by atoms with van der Waals surface area (Å²) in [4.78, 5) is 11.0. The molecule has 3 nitrogen and oxygen atoms in total. The van der Waals surface area contributed by atoms with Gasteiger partial charge in [0, 0.05) is 0 Å². The molecule has 3 heteroatoms. The van der Waals surface area contributed by atoms with E-state index in [4.69, 9.17) is 5.11 Å². The minimum atomic E-state index is -1.20. The van der Waals surface area contributed by atoms with E-state index < -0.39 is 11.7 Å². The predicted molar refractivity (Wildman–Crippen MR) is 130 cm³/mol. The van der Waals surface area contributed by atoms with Crippen LogP contribution in [-0.2, 0) is 4.79 Å². The van der Waals surface area contributed by atoms with Crippen molar-refractivity contribution in [2.45, 2.75) is 112 Å². The Hall–Kier alpha value is -0.990. The van der Waals surface area contributed by atoms with Gasteiger partial charge < -0.3 is 10.2 Å². The molecule has 0 bridgehead atoms. The molecule has 9 atom stereocenters. The van der Waals surface area contributed by atoms with Crippen molar-refractivity contribution >= 4 is 5.97 Å². The largest absolute Gasteiger partial charge is 0.502 e. The van der Waals surface area contributed by atoms with E-state index in [1.807, 2.05) is 0 Å². The van der Waals surface area contributed by atoms with Crippen LogP contribution in [0.5, 0.6) is 0 Å². The van der Waals surface area contributed by atoms with Crippen molar-refractivity contribution in [3.05, 3.63) is 11.3 Å². The summed E-state index contributed by atoms with van der Waals surface area (Å²) < 4.78 is 0. The number of aliphatic hydroxyl groups is 1. The van der Waals surface area contributed by atoms with Crippen LogP contribution in [0.25, 0.3) is 0 Å². The second-order valence-corrected chi connectivity index (χ2v) is 13.0. The highest BCUT2D eigenvalue weighted by molar-refractivity contribution is 5.84. The maximum atomic E-state index is 11.0. The zero-order valence-electron chi connectivity index (χ0n) is 21.3. The second-order valence-electron chi connectivity index (χ2n) is 13.0. The van der Waals surface area contributed by atoms with Gasteiger partial charge in [0.25, 0.3) is 0 Å². The normalized spacial score (nSPS) is 45.3. The Morgan fingerprint density at radius 2 is 1.62 bits per heavy atom. The SMILES string of the molecule is CC(CCC[C@@H](C)[C@H]1CC[C@H]2[C@@H]3CCC4[C@H](C)CCC[C@]4(C)[C@H]3CC[C@]12C)=C(O)C(=O)O. The molecule has 0 radical (unpaired) electrons. The monoisotopic (exact) mass is 444 g/mol. The fourth-order valence-corrected chi connectivity index (χ4v) is 9.96. The Morgan fingerprint density at radius 3 is 2.34 bits per heavy atom. The lowest BCUT2D eigenvalue weighted by molar-refractivity contribution is -0.135. The molecule has 182 valence electrons. The molecule has 4 aliphatic carbocycles. The molecule has 4 saturated carbocycles. The summed E-state index contributed by atoms with van der Waals surface area (Å²) >= 11 is 0. The summed E-state index contributed by atoms with van der Waals surface area (Å²) in [6, 6.07) is 0. The number of rotatable bonds is 6. The first-order valence-electron chi connectivity index (χ1n) is 13.7. The molecule has 0 saturated heterocycles. The first-order chi connectivity index (χ1) is 15.1. The molecule has 0 aromatic rings. The second kappa shape index (κ2) is 8.99. The number of allylic oxidation sites excluding steroid dienone is 1. The fourth-order valence-electron chi connectivity index (χ4n) is 9.96. The van der Waals surface area contributed by atoms with Gasteiger partial charge in [-0.3, -0.25) is 0 Å². The van der Waals surface area contributed by atoms with Gasteiger partial charge in [-0.25, -0.2) is 4.79 Å². The van der Waals surface area contributed by atoms with Gasteiger partial charge in [-0.1, -0.05) is 47.0 Å². The first kappa shape index (κ1) is 24.1. The summed E-state index contributed by atoms with van der Waals surface area (Å²) in [5.74, 6) is 4.57. The smallest absolute Gasteiger partial charge is 0.370 e. The number of hydrogen-bond acceptors (Lipinski definition) is 2. The highest BCUT2D eigenvalue weighted by atomic mass is 16.4. The third-order valence-electron chi connectivity index (χ3n) is 11.6. The van der Waals surface area contributed by atoms with Crippen LogP contribution in [0, 0.1) is 52.3 Å². The molecular weight excluding hydrogens is 396 g/mol. The third kappa shape index (κ3) is 3.94. The highest BCUT2D eigenvalue weighted by Gasteiger charge is 2.60. The average molecular weight is 445 g/mol. The summed E-state index contributed by atoms with van der Waals surface area (Å²) in [6.07, 6.45) is 15.8. The molecule has 0 spiro atoms. The van der Waals surface area contributed by atoms with E-state index >= 15 is 0 Å². The molecule has 0 heterocycles. The van der Waals surface area contributed by atoms with Crippen LogP contribution in [0.15, 0.2) is 11.3 Å². The Balaban J connectivity index is 1.41. The molecule has 0 amide bonds. The van der Waals surface area contributed by atoms with Crippen LogP contribution in [-0.4, -0.2) is 16.2 Å². The summed E-state index contributed by atoms with van der Waals surface area (Å²) in [5.41, 5.74) is 1.71. The van der Waals surface area contributed by atoms with Gasteiger partial charge in [0.1, 0.15) is 0 Å². The number of carboxylic acids is 1. The van der Waals surface area contributed by atoms with E-state index in [1.54, 1.807) is 6.92 Å². The van der Waals surface area contributed by atoms with Gasteiger partial charge in [0.05, 0.1) is 0 Å². The molecule has 2 N–H and O–H groups in total. The minimum Gasteiger partial charge on any atom is -0.502 e. The maximum absolute atomic E-state index is 11.0. The van der Waals surface area contributed by atoms with Gasteiger partial charge in [-0.2, -0.15) is 0 Å². The molecule has 0 aliphatic heterocycles. The van der Waals surface area contributed by atoms with Crippen molar-refractivity contribution in [1.82, 2.24) is 0 Å². The lowest BCUT2D eigenvalue weighted by atomic mass is 9.43. The molecule has 0 aromatic heterocycles. The molecule has 0 aromatic carbocycles. The molecule has 4 aliphatic rings. The van der Waals surface area contributed by atoms with Crippen molar-refractivity contribution in [3.8, 4) is 0 Å². The molecule has 1 unspecified atom stereocenters. The summed E-state index contributed by atoms with van der Waals surface area (Å²) in [6.45, 7) is 12.1. The number of aliphatic hydroxyl groups excluding tert-OH is 1. The zero-order chi connectivity index (χ0) is 23.3. The Labute approximate surface area is 196 Å². The quantitative estimate of drug-likeness (QED) is 0.322. The number of aliphatic carboxylic acids is 1. The van der Waals surface area contributed by atoms with Gasteiger partial charge in [-0.05, 0) is 123 Å². The Bertz CT molecular complexity index is 741. The van der Waals surface area contributed by atoms with Gasteiger partial charge in [0.2, 0.25) is 5.76 Å². The Kier molecular flexibility index (Phi) is 6.78. The molecular formula is C29H48O3. The standard InChI is InChI=1S/C29H48O3/c1-18(8-6-9-20(3)26(30)27(31)32)23-13-14-24-21-11-12-22-19(2)10-7-16-28(22,4)25(21)15-17-29(23,24)5/h18-19,21-25,30H,6-17H2,1-5H3,(H,31,32)/t18-,19-,21+,22?,23-,24+,25+,28+,29-/m1/s1. The fraction of sp³-hybridized carbons (Fsp3) is 0.897. The molecule has 4 rings (SSSR count). The van der Waals surface area contributed by atoms with Crippen molar-refractivity contribution in [2.24, 2.45) is 52.3 Å². The van der Waals surface area contributed by atoms with Gasteiger partial charge >= 0.3 is 5.97 Å². The Morgan fingerprint density at radius 1 is 0.938 bits per heavy atom. The van der Waals surface area contributed by atoms with Crippen LogP contribution < -0.4 is 0 Å². The predicted octanol–water partition coefficient (Wildman–Crippen LogP) is 8.00. The van der Waals surface area contributed by atoms with Crippen LogP contribution in [0.3, 0.4) is 0 Å². The topological polar surface area (TPSA) is 57.5 Å². The highest BCUT2D eigenvalue weighted by Crippen LogP contribution is 2.68. The first-order valence-corrected chi connectivity index (χ1v) is 13.7. The number of carboxylic acid groups (broad SMARTS) is 1. The third-order valence-corrected chi connectivity index (χ3v) is 11.6. The van der Waals surface area contributed by atoms with E-state index in [0.29, 0.717) is 28.7 Å². The van der Waals surface area contributed by atoms with E-state index in [-0.39, 0.29) is 0 Å². The van der Waals surface area contributed by atoms with Crippen molar-refractivity contribution < 1.29 is 15.0 Å². The minimum absolute atomic E-state index is 0.454. The van der Waals surface area contributed by atoms with Crippen molar-refractivity contribution in [3.63, 3.8) is 0 Å². The van der Waals surface area contributed by atoms with Gasteiger partial charge in [-0.15, -0.1) is 0 Å². The van der Waals surface area contributed by atoms with Crippen LogP contribution in [0.4, 0.5) is 0 Å². The zero-order valence-corrected chi connectivity index (χ0v) is 21.3. The summed E-state index contributed by atoms with van der Waals surface area (Å²) in [5, 5.41) is 18.7. The van der Waals surface area contributed by atoms with Crippen LogP contribution in [0.2, 0.25) is 0 Å². The van der Waals surface area contributed by atoms with E-state index in [2.05, 4.69) is 27.7 Å². The molecule has 4 fully saturated rings. The maximum Gasteiger partial charge on any atom is 0.370 e. The molecule has 32 heavy (non-hydrogen) atoms. The van der Waals surface area contributed by atoms with E-state index in [1.165, 1.54) is 57.8 Å². The number of hydrogen-bond donors (Lipinski definition) is 2.